The van der Waals surface area contributed by atoms with Gasteiger partial charge in [0.2, 0.25) is 5.82 Å². The van der Waals surface area contributed by atoms with Gasteiger partial charge in [0.1, 0.15) is 24.0 Å². The molecular weight excluding hydrogens is 559 g/mol. The molecule has 1 aromatic carbocycles. The number of esters is 1. The van der Waals surface area contributed by atoms with Gasteiger partial charge in [0.25, 0.3) is 5.56 Å². The highest BCUT2D eigenvalue weighted by molar-refractivity contribution is 7.52. The van der Waals surface area contributed by atoms with Crippen LogP contribution < -0.4 is 20.9 Å². The Bertz CT molecular complexity index is 1270. The van der Waals surface area contributed by atoms with Crippen molar-refractivity contribution in [2.75, 3.05) is 6.61 Å². The molecule has 3 rings (SSSR count). The van der Waals surface area contributed by atoms with Crippen molar-refractivity contribution in [3.05, 3.63) is 63.2 Å². The van der Waals surface area contributed by atoms with E-state index in [4.69, 9.17) is 41.7 Å². The normalized spacial score (nSPS) is 23.4. The minimum atomic E-state index is -4.34. The lowest BCUT2D eigenvalue weighted by Crippen LogP contribution is -2.42. The van der Waals surface area contributed by atoms with Crippen LogP contribution in [-0.4, -0.2) is 55.9 Å². The maximum Gasteiger partial charge on any atom is 0.459 e. The standard InChI is InChI=1S/C21H25Cl2FN3O9P/c1-11(2)34-18(30)12(3)26-37(32,36-13-7-5-4-6-8-13)33-10-15-16(28)21(22,23)19(35-15)27-9-14(24)17(29)25-20(27)31/h4-9,11-12,15-16,19,28H,10H2,1-3H3,(H,26,32)(H,25,29,31)/t12-,15+,16+,19+,37?/m0/s1. The summed E-state index contributed by atoms with van der Waals surface area (Å²) in [6, 6.07) is 6.76. The van der Waals surface area contributed by atoms with Crippen molar-refractivity contribution in [2.45, 2.75) is 55.7 Å². The number of para-hydroxylation sites is 1. The number of aromatic amines is 1. The smallest absolute Gasteiger partial charge is 0.459 e. The summed E-state index contributed by atoms with van der Waals surface area (Å²) in [6.45, 7) is 4.00. The molecule has 1 fully saturated rings. The summed E-state index contributed by atoms with van der Waals surface area (Å²) in [5.41, 5.74) is -2.38. The van der Waals surface area contributed by atoms with Crippen LogP contribution >= 0.6 is 30.9 Å². The van der Waals surface area contributed by atoms with Crippen molar-refractivity contribution in [3.8, 4) is 5.75 Å². The molecule has 1 unspecified atom stereocenters. The van der Waals surface area contributed by atoms with E-state index in [-0.39, 0.29) is 5.75 Å². The van der Waals surface area contributed by atoms with Crippen LogP contribution in [0.3, 0.4) is 0 Å². The van der Waals surface area contributed by atoms with Crippen molar-refractivity contribution in [1.82, 2.24) is 14.6 Å². The monoisotopic (exact) mass is 583 g/mol. The van der Waals surface area contributed by atoms with Crippen LogP contribution in [0.5, 0.6) is 5.75 Å². The predicted molar refractivity (Wildman–Crippen MR) is 130 cm³/mol. The number of benzene rings is 1. The molecule has 12 nitrogen and oxygen atoms in total. The van der Waals surface area contributed by atoms with Crippen molar-refractivity contribution in [2.24, 2.45) is 0 Å². The molecule has 2 heterocycles. The average molecular weight is 584 g/mol. The van der Waals surface area contributed by atoms with E-state index in [0.29, 0.717) is 10.8 Å². The molecule has 1 aromatic heterocycles. The van der Waals surface area contributed by atoms with E-state index in [1.807, 2.05) is 0 Å². The first-order chi connectivity index (χ1) is 17.2. The van der Waals surface area contributed by atoms with Crippen molar-refractivity contribution in [3.63, 3.8) is 0 Å². The van der Waals surface area contributed by atoms with Gasteiger partial charge in [-0.2, -0.15) is 9.48 Å². The zero-order valence-corrected chi connectivity index (χ0v) is 22.2. The highest BCUT2D eigenvalue weighted by Gasteiger charge is 2.56. The average Bonchev–Trinajstić information content (AvgIpc) is 3.03. The molecule has 16 heteroatoms. The fourth-order valence-electron chi connectivity index (χ4n) is 3.25. The van der Waals surface area contributed by atoms with E-state index in [1.54, 1.807) is 37.0 Å². The van der Waals surface area contributed by atoms with Gasteiger partial charge >= 0.3 is 19.4 Å². The molecule has 3 N–H and O–H groups in total. The van der Waals surface area contributed by atoms with Gasteiger partial charge in [0.15, 0.2) is 10.6 Å². The van der Waals surface area contributed by atoms with Crippen LogP contribution in [-0.2, 0) is 23.4 Å². The van der Waals surface area contributed by atoms with E-state index in [0.717, 1.165) is 0 Å². The first-order valence-electron chi connectivity index (χ1n) is 10.9. The third kappa shape index (κ3) is 6.99. The summed E-state index contributed by atoms with van der Waals surface area (Å²) < 4.78 is 47.3. The molecule has 0 saturated carbocycles. The number of ether oxygens (including phenoxy) is 2. The lowest BCUT2D eigenvalue weighted by atomic mass is 10.2. The third-order valence-electron chi connectivity index (χ3n) is 4.99. The van der Waals surface area contributed by atoms with E-state index >= 15 is 0 Å². The molecule has 1 aliphatic heterocycles. The second kappa shape index (κ2) is 11.6. The molecule has 0 aliphatic carbocycles. The maximum atomic E-state index is 13.8. The van der Waals surface area contributed by atoms with Crippen molar-refractivity contribution >= 4 is 36.9 Å². The molecule has 204 valence electrons. The van der Waals surface area contributed by atoms with Gasteiger partial charge < -0.3 is 19.1 Å². The van der Waals surface area contributed by atoms with Gasteiger partial charge in [-0.25, -0.2) is 9.36 Å². The third-order valence-corrected chi connectivity index (χ3v) is 7.46. The lowest BCUT2D eigenvalue weighted by molar-refractivity contribution is -0.149. The molecule has 5 atom stereocenters. The van der Waals surface area contributed by atoms with Crippen LogP contribution in [0.4, 0.5) is 4.39 Å². The number of aliphatic hydroxyl groups is 1. The van der Waals surface area contributed by atoms with E-state index < -0.39 is 72.3 Å². The Morgan fingerprint density at radius 1 is 1.30 bits per heavy atom. The molecule has 0 radical (unpaired) electrons. The van der Waals surface area contributed by atoms with Gasteiger partial charge in [-0.15, -0.1) is 0 Å². The fraction of sp³-hybridized carbons (Fsp3) is 0.476. The van der Waals surface area contributed by atoms with Crippen LogP contribution in [0.15, 0.2) is 46.1 Å². The quantitative estimate of drug-likeness (QED) is 0.215. The first kappa shape index (κ1) is 29.3. The minimum Gasteiger partial charge on any atom is -0.462 e. The fourth-order valence-corrected chi connectivity index (χ4v) is 5.34. The van der Waals surface area contributed by atoms with Gasteiger partial charge in [-0.05, 0) is 32.9 Å². The Hall–Kier alpha value is -2.25. The largest absolute Gasteiger partial charge is 0.462 e. The van der Waals surface area contributed by atoms with Gasteiger partial charge in [0, 0.05) is 0 Å². The zero-order chi connectivity index (χ0) is 27.5. The SMILES string of the molecule is CC(C)OC(=O)[C@H](C)NP(=O)(OC[C@H]1O[C@@H](n2cc(F)c(=O)[nH]c2=O)C(Cl)(Cl)[C@@H]1O)Oc1ccccc1. The number of alkyl halides is 2. The van der Waals surface area contributed by atoms with E-state index in [2.05, 4.69) is 5.09 Å². The summed E-state index contributed by atoms with van der Waals surface area (Å²) >= 11 is 12.4. The van der Waals surface area contributed by atoms with Gasteiger partial charge in [-0.1, -0.05) is 41.4 Å². The number of carbonyl (C=O) groups is 1. The number of nitrogens with zero attached hydrogens (tertiary/aromatic N) is 1. The van der Waals surface area contributed by atoms with Crippen LogP contribution in [0, 0.1) is 5.82 Å². The molecule has 0 amide bonds. The second-order valence-corrected chi connectivity index (χ2v) is 11.5. The molecule has 1 aliphatic rings. The maximum absolute atomic E-state index is 13.8. The van der Waals surface area contributed by atoms with E-state index in [1.165, 1.54) is 19.1 Å². The molecule has 1 saturated heterocycles. The molecule has 2 aromatic rings. The Morgan fingerprint density at radius 3 is 2.57 bits per heavy atom. The highest BCUT2D eigenvalue weighted by atomic mass is 35.5. The summed E-state index contributed by atoms with van der Waals surface area (Å²) in [6.07, 6.45) is -4.73. The number of carbonyl (C=O) groups excluding carboxylic acids is 1. The zero-order valence-electron chi connectivity index (χ0n) is 19.8. The number of halogens is 3. The Morgan fingerprint density at radius 2 is 1.95 bits per heavy atom. The predicted octanol–water partition coefficient (Wildman–Crippen LogP) is 2.24. The number of aliphatic hydroxyl groups excluding tert-OH is 1. The van der Waals surface area contributed by atoms with Crippen molar-refractivity contribution < 1.29 is 37.4 Å². The Labute approximate surface area is 220 Å². The van der Waals surface area contributed by atoms with Crippen LogP contribution in [0.1, 0.15) is 27.0 Å². The minimum absolute atomic E-state index is 0.132. The lowest BCUT2D eigenvalue weighted by Gasteiger charge is -2.25. The molecule has 0 spiro atoms. The number of hydrogen-bond acceptors (Lipinski definition) is 9. The number of aromatic nitrogens is 2. The Kier molecular flexibility index (Phi) is 9.23. The molecular formula is C21H25Cl2FN3O9P. The van der Waals surface area contributed by atoms with Gasteiger partial charge in [-0.3, -0.25) is 23.7 Å². The van der Waals surface area contributed by atoms with Crippen LogP contribution in [0.2, 0.25) is 0 Å². The Balaban J connectivity index is 1.82. The number of rotatable bonds is 10. The molecule has 37 heavy (non-hydrogen) atoms. The van der Waals surface area contributed by atoms with Gasteiger partial charge in [0.05, 0.1) is 18.9 Å². The number of hydrogen-bond donors (Lipinski definition) is 3. The summed E-state index contributed by atoms with van der Waals surface area (Å²) in [5.74, 6) is -1.92. The topological polar surface area (TPSA) is 158 Å². The molecule has 0 bridgehead atoms. The summed E-state index contributed by atoms with van der Waals surface area (Å²) in [4.78, 5) is 37.5. The summed E-state index contributed by atoms with van der Waals surface area (Å²) in [5, 5.41) is 13.1. The number of H-pyrrole nitrogens is 1. The first-order valence-corrected chi connectivity index (χ1v) is 13.2. The number of nitrogens with one attached hydrogen (secondary N) is 2. The second-order valence-electron chi connectivity index (χ2n) is 8.32. The van der Waals surface area contributed by atoms with E-state index in [9.17, 15) is 28.4 Å². The highest BCUT2D eigenvalue weighted by Crippen LogP contribution is 2.49. The summed E-state index contributed by atoms with van der Waals surface area (Å²) in [7, 11) is -4.34. The van der Waals surface area contributed by atoms with Crippen molar-refractivity contribution in [1.29, 1.82) is 0 Å². The van der Waals surface area contributed by atoms with Crippen LogP contribution in [0.25, 0.3) is 0 Å².